The van der Waals surface area contributed by atoms with E-state index < -0.39 is 0 Å². The molecular weight excluding hydrogens is 250 g/mol. The lowest BCUT2D eigenvalue weighted by atomic mass is 9.95. The van der Waals surface area contributed by atoms with Gasteiger partial charge in [-0.2, -0.15) is 5.26 Å². The van der Waals surface area contributed by atoms with Crippen molar-refractivity contribution in [2.45, 2.75) is 50.9 Å². The van der Waals surface area contributed by atoms with Gasteiger partial charge < -0.3 is 10.2 Å². The molecule has 1 aromatic carbocycles. The van der Waals surface area contributed by atoms with Crippen molar-refractivity contribution in [2.75, 3.05) is 0 Å². The minimum Gasteiger partial charge on any atom is -0.323 e. The Morgan fingerprint density at radius 1 is 1.35 bits per heavy atom. The van der Waals surface area contributed by atoms with Crippen LogP contribution in [-0.4, -0.2) is 28.9 Å². The van der Waals surface area contributed by atoms with Crippen molar-refractivity contribution in [3.05, 3.63) is 35.4 Å². The lowest BCUT2D eigenvalue weighted by Crippen LogP contribution is -2.52. The van der Waals surface area contributed by atoms with E-state index in [1.807, 2.05) is 19.1 Å². The smallest absolute Gasteiger partial charge is 0.241 e. The Bertz CT molecular complexity index is 563. The van der Waals surface area contributed by atoms with Crippen LogP contribution in [0.15, 0.2) is 24.3 Å². The van der Waals surface area contributed by atoms with Crippen molar-refractivity contribution in [3.63, 3.8) is 0 Å². The average molecular weight is 269 g/mol. The lowest BCUT2D eigenvalue weighted by Gasteiger charge is -2.32. The summed E-state index contributed by atoms with van der Waals surface area (Å²) >= 11 is 0. The molecule has 4 heteroatoms. The minimum absolute atomic E-state index is 0.0797. The highest BCUT2D eigenvalue weighted by Gasteiger charge is 2.38. The summed E-state index contributed by atoms with van der Waals surface area (Å²) in [5.41, 5.74) is 2.51. The van der Waals surface area contributed by atoms with Gasteiger partial charge in [-0.15, -0.1) is 0 Å². The van der Waals surface area contributed by atoms with Crippen molar-refractivity contribution in [2.24, 2.45) is 0 Å². The number of amides is 1. The van der Waals surface area contributed by atoms with Crippen LogP contribution < -0.4 is 5.32 Å². The quantitative estimate of drug-likeness (QED) is 0.842. The van der Waals surface area contributed by atoms with Gasteiger partial charge in [0.15, 0.2) is 0 Å². The third kappa shape index (κ3) is 2.19. The van der Waals surface area contributed by atoms with E-state index in [0.717, 1.165) is 25.8 Å². The zero-order valence-electron chi connectivity index (χ0n) is 11.7. The maximum absolute atomic E-state index is 12.7. The van der Waals surface area contributed by atoms with Gasteiger partial charge in [-0.3, -0.25) is 4.79 Å². The summed E-state index contributed by atoms with van der Waals surface area (Å²) in [5.74, 6) is 0.0797. The van der Waals surface area contributed by atoms with Crippen LogP contribution in [0.2, 0.25) is 0 Å². The Morgan fingerprint density at radius 2 is 2.10 bits per heavy atom. The Kier molecular flexibility index (Phi) is 3.45. The van der Waals surface area contributed by atoms with Gasteiger partial charge >= 0.3 is 0 Å². The van der Waals surface area contributed by atoms with Crippen molar-refractivity contribution in [1.82, 2.24) is 10.2 Å². The molecule has 1 fully saturated rings. The van der Waals surface area contributed by atoms with Crippen LogP contribution >= 0.6 is 0 Å². The first-order chi connectivity index (χ1) is 9.70. The van der Waals surface area contributed by atoms with Gasteiger partial charge in [0.25, 0.3) is 0 Å². The number of hydrogen-bond donors (Lipinski definition) is 1. The molecule has 1 N–H and O–H groups in total. The molecule has 0 radical (unpaired) electrons. The zero-order chi connectivity index (χ0) is 14.1. The molecule has 1 amide bonds. The first-order valence-corrected chi connectivity index (χ1v) is 7.22. The molecule has 1 aromatic rings. The topological polar surface area (TPSA) is 56.1 Å². The van der Waals surface area contributed by atoms with E-state index in [1.54, 1.807) is 4.90 Å². The molecule has 1 saturated heterocycles. The lowest BCUT2D eigenvalue weighted by molar-refractivity contribution is -0.135. The van der Waals surface area contributed by atoms with Crippen molar-refractivity contribution < 1.29 is 4.79 Å². The molecule has 0 saturated carbocycles. The predicted octanol–water partition coefficient (Wildman–Crippen LogP) is 1.60. The normalized spacial score (nSPS) is 28.8. The molecule has 0 unspecified atom stereocenters. The number of carbonyl (C=O) groups excluding carboxylic acids is 1. The molecule has 2 aliphatic heterocycles. The molecule has 0 aromatic heterocycles. The molecule has 2 aliphatic rings. The van der Waals surface area contributed by atoms with Crippen LogP contribution in [0.3, 0.4) is 0 Å². The molecule has 3 rings (SSSR count). The molecule has 3 atom stereocenters. The number of nitriles is 1. The average Bonchev–Trinajstić information content (AvgIpc) is 2.87. The van der Waals surface area contributed by atoms with Gasteiger partial charge in [0.2, 0.25) is 5.91 Å². The van der Waals surface area contributed by atoms with E-state index in [9.17, 15) is 10.1 Å². The number of nitrogens with zero attached hydrogens (tertiary/aromatic N) is 2. The molecule has 0 aliphatic carbocycles. The number of fused-ring (bicyclic) bond motifs is 1. The largest absolute Gasteiger partial charge is 0.323 e. The Balaban J connectivity index is 1.78. The fourth-order valence-corrected chi connectivity index (χ4v) is 3.29. The first-order valence-electron chi connectivity index (χ1n) is 7.22. The number of carbonyl (C=O) groups is 1. The highest BCUT2D eigenvalue weighted by Crippen LogP contribution is 2.26. The van der Waals surface area contributed by atoms with Crippen LogP contribution in [0.4, 0.5) is 0 Å². The van der Waals surface area contributed by atoms with Gasteiger partial charge in [-0.1, -0.05) is 24.3 Å². The third-order valence-electron chi connectivity index (χ3n) is 4.45. The number of benzene rings is 1. The second-order valence-corrected chi connectivity index (χ2v) is 5.72. The minimum atomic E-state index is -0.253. The number of likely N-dealkylation sites (tertiary alicyclic amines) is 1. The maximum Gasteiger partial charge on any atom is 0.241 e. The van der Waals surface area contributed by atoms with Gasteiger partial charge in [-0.25, -0.2) is 0 Å². The number of nitrogens with one attached hydrogen (secondary N) is 1. The summed E-state index contributed by atoms with van der Waals surface area (Å²) in [6.45, 7) is 2.76. The van der Waals surface area contributed by atoms with E-state index >= 15 is 0 Å². The summed E-state index contributed by atoms with van der Waals surface area (Å²) in [5, 5.41) is 12.5. The zero-order valence-corrected chi connectivity index (χ0v) is 11.7. The molecular formula is C16H19N3O. The second kappa shape index (κ2) is 5.26. The van der Waals surface area contributed by atoms with Gasteiger partial charge in [0.05, 0.1) is 12.1 Å². The van der Waals surface area contributed by atoms with Crippen LogP contribution in [0.5, 0.6) is 0 Å². The standard InChI is InChI=1S/C16H19N3O/c1-11-6-7-14(9-17)19(11)16(20)15-8-12-4-2-3-5-13(12)10-18-15/h2-5,11,14-15,18H,6-8,10H2,1H3/t11-,14-,15-/m0/s1. The Hall–Kier alpha value is -1.86. The van der Waals surface area contributed by atoms with Crippen LogP contribution in [0.1, 0.15) is 30.9 Å². The third-order valence-corrected chi connectivity index (χ3v) is 4.45. The summed E-state index contributed by atoms with van der Waals surface area (Å²) in [6.07, 6.45) is 2.44. The summed E-state index contributed by atoms with van der Waals surface area (Å²) < 4.78 is 0. The maximum atomic E-state index is 12.7. The SMILES string of the molecule is C[C@H]1CC[C@@H](C#N)N1C(=O)[C@@H]1Cc2ccccc2CN1. The van der Waals surface area contributed by atoms with E-state index in [4.69, 9.17) is 0 Å². The van der Waals surface area contributed by atoms with E-state index in [2.05, 4.69) is 23.5 Å². The molecule has 4 nitrogen and oxygen atoms in total. The summed E-state index contributed by atoms with van der Waals surface area (Å²) in [7, 11) is 0. The van der Waals surface area contributed by atoms with Gasteiger partial charge in [-0.05, 0) is 37.3 Å². The van der Waals surface area contributed by atoms with Crippen molar-refractivity contribution in [3.8, 4) is 6.07 Å². The fraction of sp³-hybridized carbons (Fsp3) is 0.500. The van der Waals surface area contributed by atoms with Crippen LogP contribution in [-0.2, 0) is 17.8 Å². The fourth-order valence-electron chi connectivity index (χ4n) is 3.29. The molecule has 20 heavy (non-hydrogen) atoms. The molecule has 104 valence electrons. The number of rotatable bonds is 1. The summed E-state index contributed by atoms with van der Waals surface area (Å²) in [6, 6.07) is 10.2. The van der Waals surface area contributed by atoms with E-state index in [-0.39, 0.29) is 24.0 Å². The Labute approximate surface area is 119 Å². The van der Waals surface area contributed by atoms with Gasteiger partial charge in [0, 0.05) is 12.6 Å². The predicted molar refractivity (Wildman–Crippen MR) is 75.7 cm³/mol. The Morgan fingerprint density at radius 3 is 2.85 bits per heavy atom. The second-order valence-electron chi connectivity index (χ2n) is 5.72. The van der Waals surface area contributed by atoms with Crippen LogP contribution in [0.25, 0.3) is 0 Å². The highest BCUT2D eigenvalue weighted by atomic mass is 16.2. The van der Waals surface area contributed by atoms with Gasteiger partial charge in [0.1, 0.15) is 6.04 Å². The van der Waals surface area contributed by atoms with E-state index in [0.29, 0.717) is 0 Å². The van der Waals surface area contributed by atoms with E-state index in [1.165, 1.54) is 11.1 Å². The number of hydrogen-bond acceptors (Lipinski definition) is 3. The molecule has 0 spiro atoms. The van der Waals surface area contributed by atoms with Crippen molar-refractivity contribution in [1.29, 1.82) is 5.26 Å². The first kappa shape index (κ1) is 13.1. The molecule has 0 bridgehead atoms. The molecule has 2 heterocycles. The summed E-state index contributed by atoms with van der Waals surface area (Å²) in [4.78, 5) is 14.5. The van der Waals surface area contributed by atoms with Crippen LogP contribution in [0, 0.1) is 11.3 Å². The highest BCUT2D eigenvalue weighted by molar-refractivity contribution is 5.83. The monoisotopic (exact) mass is 269 g/mol. The van der Waals surface area contributed by atoms with Crippen molar-refractivity contribution >= 4 is 5.91 Å².